The first-order valence-corrected chi connectivity index (χ1v) is 8.94. The second kappa shape index (κ2) is 6.23. The molecule has 22 heavy (non-hydrogen) atoms. The quantitative estimate of drug-likeness (QED) is 0.771. The molecule has 0 unspecified atom stereocenters. The van der Waals surface area contributed by atoms with Crippen molar-refractivity contribution in [3.63, 3.8) is 0 Å². The Morgan fingerprint density at radius 3 is 2.09 bits per heavy atom. The monoisotopic (exact) mass is 301 g/mol. The molecule has 1 aliphatic carbocycles. The molecule has 1 aromatic rings. The normalized spacial score (nSPS) is 23.6. The molecule has 0 N–H and O–H groups in total. The van der Waals surface area contributed by atoms with Crippen molar-refractivity contribution in [1.29, 1.82) is 0 Å². The Bertz CT molecular complexity index is 458. The molecule has 1 aromatic carbocycles. The smallest absolute Gasteiger partial charge is 0.119 e. The minimum Gasteiger partial charge on any atom is -0.490 e. The fourth-order valence-electron chi connectivity index (χ4n) is 4.16. The average molecular weight is 301 g/mol. The van der Waals surface area contributed by atoms with Crippen LogP contribution < -0.4 is 4.74 Å². The van der Waals surface area contributed by atoms with Gasteiger partial charge >= 0.3 is 0 Å². The van der Waals surface area contributed by atoms with E-state index in [4.69, 9.17) is 4.74 Å². The highest BCUT2D eigenvalue weighted by atomic mass is 16.5. The lowest BCUT2D eigenvalue weighted by Crippen LogP contribution is -2.50. The predicted octanol–water partition coefficient (Wildman–Crippen LogP) is 4.89. The van der Waals surface area contributed by atoms with E-state index in [1.54, 1.807) is 0 Å². The van der Waals surface area contributed by atoms with Gasteiger partial charge in [0.1, 0.15) is 5.75 Å². The number of benzene rings is 1. The Hall–Kier alpha value is -1.02. The van der Waals surface area contributed by atoms with E-state index in [-0.39, 0.29) is 0 Å². The highest BCUT2D eigenvalue weighted by Crippen LogP contribution is 2.46. The number of rotatable bonds is 2. The molecule has 122 valence electrons. The third-order valence-corrected chi connectivity index (χ3v) is 5.81. The highest BCUT2D eigenvalue weighted by Gasteiger charge is 2.40. The Balaban J connectivity index is 1.50. The Labute approximate surface area is 135 Å². The van der Waals surface area contributed by atoms with Crippen molar-refractivity contribution in [3.05, 3.63) is 30.3 Å². The van der Waals surface area contributed by atoms with Crippen LogP contribution in [0.3, 0.4) is 0 Å². The lowest BCUT2D eigenvalue weighted by atomic mass is 9.67. The molecule has 0 amide bonds. The number of para-hydroxylation sites is 1. The number of nitrogens with zero attached hydrogens (tertiary/aromatic N) is 1. The van der Waals surface area contributed by atoms with Gasteiger partial charge in [-0.3, -0.25) is 4.90 Å². The van der Waals surface area contributed by atoms with E-state index in [1.165, 1.54) is 51.6 Å². The summed E-state index contributed by atoms with van der Waals surface area (Å²) < 4.78 is 6.15. The predicted molar refractivity (Wildman–Crippen MR) is 92.3 cm³/mol. The van der Waals surface area contributed by atoms with E-state index in [0.717, 1.165) is 5.75 Å². The van der Waals surface area contributed by atoms with Gasteiger partial charge < -0.3 is 4.74 Å². The van der Waals surface area contributed by atoms with E-state index < -0.39 is 0 Å². The lowest BCUT2D eigenvalue weighted by molar-refractivity contribution is -0.00102. The topological polar surface area (TPSA) is 12.5 Å². The van der Waals surface area contributed by atoms with Gasteiger partial charge in [0.25, 0.3) is 0 Å². The van der Waals surface area contributed by atoms with Gasteiger partial charge in [-0.25, -0.2) is 0 Å². The molecule has 0 bridgehead atoms. The zero-order valence-electron chi connectivity index (χ0n) is 14.5. The number of hydrogen-bond donors (Lipinski definition) is 0. The molecule has 1 aliphatic heterocycles. The maximum Gasteiger partial charge on any atom is 0.119 e. The van der Waals surface area contributed by atoms with E-state index in [1.807, 2.05) is 6.07 Å². The molecule has 3 rings (SSSR count). The Kier molecular flexibility index (Phi) is 4.49. The second-order valence-corrected chi connectivity index (χ2v) is 8.29. The number of likely N-dealkylation sites (tertiary alicyclic amines) is 1. The van der Waals surface area contributed by atoms with Crippen molar-refractivity contribution in [3.8, 4) is 5.75 Å². The van der Waals surface area contributed by atoms with Crippen LogP contribution in [0.4, 0.5) is 0 Å². The van der Waals surface area contributed by atoms with Crippen LogP contribution in [0.25, 0.3) is 0 Å². The minimum atomic E-state index is 0.329. The number of ether oxygens (including phenoxy) is 1. The molecule has 2 nitrogen and oxygen atoms in total. The molecular formula is C20H31NO. The molecular weight excluding hydrogens is 270 g/mol. The molecule has 1 saturated carbocycles. The van der Waals surface area contributed by atoms with Crippen molar-refractivity contribution in [2.75, 3.05) is 13.1 Å². The van der Waals surface area contributed by atoms with Crippen LogP contribution >= 0.6 is 0 Å². The molecule has 0 aromatic heterocycles. The molecule has 1 saturated heterocycles. The maximum atomic E-state index is 6.15. The molecule has 2 aliphatic rings. The molecule has 0 radical (unpaired) electrons. The van der Waals surface area contributed by atoms with Crippen LogP contribution in [-0.4, -0.2) is 29.6 Å². The van der Waals surface area contributed by atoms with Gasteiger partial charge in [0.05, 0.1) is 6.10 Å². The summed E-state index contributed by atoms with van der Waals surface area (Å²) in [6.07, 6.45) is 8.33. The van der Waals surface area contributed by atoms with Crippen molar-refractivity contribution in [1.82, 2.24) is 4.90 Å². The summed E-state index contributed by atoms with van der Waals surface area (Å²) in [7, 11) is 0. The largest absolute Gasteiger partial charge is 0.490 e. The Morgan fingerprint density at radius 1 is 0.955 bits per heavy atom. The standard InChI is InChI=1S/C20H31NO/c1-19(2,3)21-15-13-20(14-16-21)11-9-18(10-12-20)22-17-7-5-4-6-8-17/h4-8,18H,9-16H2,1-3H3. The minimum absolute atomic E-state index is 0.329. The summed E-state index contributed by atoms with van der Waals surface area (Å²) in [6.45, 7) is 9.57. The van der Waals surface area contributed by atoms with Gasteiger partial charge in [0.15, 0.2) is 0 Å². The highest BCUT2D eigenvalue weighted by molar-refractivity contribution is 5.21. The Morgan fingerprint density at radius 2 is 1.55 bits per heavy atom. The van der Waals surface area contributed by atoms with Crippen LogP contribution in [0, 0.1) is 5.41 Å². The summed E-state index contributed by atoms with van der Waals surface area (Å²) in [6, 6.07) is 10.3. The van der Waals surface area contributed by atoms with Gasteiger partial charge in [0.2, 0.25) is 0 Å². The summed E-state index contributed by atoms with van der Waals surface area (Å²) in [4.78, 5) is 2.66. The second-order valence-electron chi connectivity index (χ2n) is 8.29. The zero-order valence-corrected chi connectivity index (χ0v) is 14.5. The maximum absolute atomic E-state index is 6.15. The van der Waals surface area contributed by atoms with E-state index in [9.17, 15) is 0 Å². The summed E-state index contributed by atoms with van der Waals surface area (Å²) in [5.74, 6) is 1.03. The van der Waals surface area contributed by atoms with Gasteiger partial charge in [-0.05, 0) is 89.9 Å². The molecule has 1 heterocycles. The van der Waals surface area contributed by atoms with E-state index in [2.05, 4.69) is 49.9 Å². The third-order valence-electron chi connectivity index (χ3n) is 5.81. The number of piperidine rings is 1. The molecule has 2 heteroatoms. The molecule has 2 fully saturated rings. The van der Waals surface area contributed by atoms with Crippen LogP contribution in [0.5, 0.6) is 5.75 Å². The third kappa shape index (κ3) is 3.65. The molecule has 0 atom stereocenters. The number of hydrogen-bond acceptors (Lipinski definition) is 2. The summed E-state index contributed by atoms with van der Waals surface area (Å²) >= 11 is 0. The van der Waals surface area contributed by atoms with E-state index >= 15 is 0 Å². The van der Waals surface area contributed by atoms with Crippen molar-refractivity contribution >= 4 is 0 Å². The van der Waals surface area contributed by atoms with Crippen LogP contribution in [0.15, 0.2) is 30.3 Å². The van der Waals surface area contributed by atoms with Crippen molar-refractivity contribution in [2.45, 2.75) is 70.9 Å². The summed E-state index contributed by atoms with van der Waals surface area (Å²) in [5.41, 5.74) is 0.938. The average Bonchev–Trinajstić information content (AvgIpc) is 2.51. The first kappa shape index (κ1) is 15.9. The van der Waals surface area contributed by atoms with Crippen LogP contribution in [-0.2, 0) is 0 Å². The molecule has 1 spiro atoms. The summed E-state index contributed by atoms with van der Waals surface area (Å²) in [5, 5.41) is 0. The lowest BCUT2D eigenvalue weighted by Gasteiger charge is -2.49. The fraction of sp³-hybridized carbons (Fsp3) is 0.700. The van der Waals surface area contributed by atoms with Crippen molar-refractivity contribution < 1.29 is 4.74 Å². The van der Waals surface area contributed by atoms with Gasteiger partial charge in [0, 0.05) is 5.54 Å². The first-order valence-electron chi connectivity index (χ1n) is 8.94. The van der Waals surface area contributed by atoms with Gasteiger partial charge in [-0.15, -0.1) is 0 Å². The van der Waals surface area contributed by atoms with E-state index in [0.29, 0.717) is 17.1 Å². The van der Waals surface area contributed by atoms with Crippen LogP contribution in [0.1, 0.15) is 59.3 Å². The SMILES string of the molecule is CC(C)(C)N1CCC2(CCC(Oc3ccccc3)CC2)CC1. The van der Waals surface area contributed by atoms with Crippen LogP contribution in [0.2, 0.25) is 0 Å². The van der Waals surface area contributed by atoms with Gasteiger partial charge in [-0.2, -0.15) is 0 Å². The zero-order chi connectivity index (χ0) is 15.6. The van der Waals surface area contributed by atoms with Crippen molar-refractivity contribution in [2.24, 2.45) is 5.41 Å². The van der Waals surface area contributed by atoms with Gasteiger partial charge in [-0.1, -0.05) is 18.2 Å². The fourth-order valence-corrected chi connectivity index (χ4v) is 4.16. The first-order chi connectivity index (χ1) is 10.5.